The second kappa shape index (κ2) is 8.19. The van der Waals surface area contributed by atoms with Crippen LogP contribution in [0.3, 0.4) is 0 Å². The standard InChI is InChI=1S/C20H27N5O2/c21-20-16-3-1-2-4-17(16)22-18(23-20)13-24-8-10-25(11-9-24)19(26)6-5-15-7-12-27-14-15/h1-4,15H,5-14H2,(H2,21,22,23). The lowest BCUT2D eigenvalue weighted by molar-refractivity contribution is -0.133. The van der Waals surface area contributed by atoms with Gasteiger partial charge in [0.25, 0.3) is 0 Å². The van der Waals surface area contributed by atoms with Gasteiger partial charge in [-0.15, -0.1) is 0 Å². The molecule has 2 fully saturated rings. The molecule has 2 N–H and O–H groups in total. The van der Waals surface area contributed by atoms with Crippen LogP contribution in [0.4, 0.5) is 5.82 Å². The number of anilines is 1. The number of amides is 1. The summed E-state index contributed by atoms with van der Waals surface area (Å²) in [5.74, 6) is 2.10. The van der Waals surface area contributed by atoms with Gasteiger partial charge in [0.05, 0.1) is 12.1 Å². The van der Waals surface area contributed by atoms with Crippen LogP contribution in [0.5, 0.6) is 0 Å². The number of hydrogen-bond acceptors (Lipinski definition) is 6. The molecule has 2 aliphatic heterocycles. The molecule has 2 aromatic rings. The molecule has 1 aromatic heterocycles. The fraction of sp³-hybridized carbons (Fsp3) is 0.550. The molecule has 1 unspecified atom stereocenters. The van der Waals surface area contributed by atoms with Gasteiger partial charge in [-0.3, -0.25) is 9.69 Å². The summed E-state index contributed by atoms with van der Waals surface area (Å²) in [6.07, 6.45) is 2.68. The third-order valence-electron chi connectivity index (χ3n) is 5.56. The average Bonchev–Trinajstić information content (AvgIpc) is 3.20. The molecule has 0 bridgehead atoms. The fourth-order valence-corrected chi connectivity index (χ4v) is 3.87. The van der Waals surface area contributed by atoms with Crippen LogP contribution in [0, 0.1) is 5.92 Å². The lowest BCUT2D eigenvalue weighted by atomic mass is 10.0. The van der Waals surface area contributed by atoms with Gasteiger partial charge in [0.15, 0.2) is 0 Å². The molecular weight excluding hydrogens is 342 g/mol. The van der Waals surface area contributed by atoms with Gasteiger partial charge in [-0.2, -0.15) is 0 Å². The first-order valence-corrected chi connectivity index (χ1v) is 9.78. The van der Waals surface area contributed by atoms with Crippen molar-refractivity contribution in [1.29, 1.82) is 0 Å². The zero-order valence-corrected chi connectivity index (χ0v) is 15.6. The quantitative estimate of drug-likeness (QED) is 0.863. The Morgan fingerprint density at radius 3 is 2.78 bits per heavy atom. The molecule has 7 heteroatoms. The first-order chi connectivity index (χ1) is 13.2. The van der Waals surface area contributed by atoms with Crippen molar-refractivity contribution in [1.82, 2.24) is 19.8 Å². The lowest BCUT2D eigenvalue weighted by Crippen LogP contribution is -2.48. The van der Waals surface area contributed by atoms with Gasteiger partial charge in [-0.25, -0.2) is 9.97 Å². The molecule has 2 aliphatic rings. The van der Waals surface area contributed by atoms with E-state index in [1.54, 1.807) is 0 Å². The van der Waals surface area contributed by atoms with E-state index in [1.165, 1.54) is 0 Å². The SMILES string of the molecule is Nc1nc(CN2CCN(C(=O)CCC3CCOC3)CC2)nc2ccccc12. The summed E-state index contributed by atoms with van der Waals surface area (Å²) < 4.78 is 5.39. The molecular formula is C20H27N5O2. The minimum atomic E-state index is 0.271. The summed E-state index contributed by atoms with van der Waals surface area (Å²) in [7, 11) is 0. The highest BCUT2D eigenvalue weighted by atomic mass is 16.5. The van der Waals surface area contributed by atoms with Crippen LogP contribution in [-0.4, -0.2) is 65.1 Å². The van der Waals surface area contributed by atoms with Crippen LogP contribution in [-0.2, 0) is 16.1 Å². The maximum absolute atomic E-state index is 12.4. The molecule has 27 heavy (non-hydrogen) atoms. The van der Waals surface area contributed by atoms with Crippen molar-refractivity contribution in [3.05, 3.63) is 30.1 Å². The highest BCUT2D eigenvalue weighted by Crippen LogP contribution is 2.20. The van der Waals surface area contributed by atoms with E-state index >= 15 is 0 Å². The number of fused-ring (bicyclic) bond motifs is 1. The van der Waals surface area contributed by atoms with Crippen LogP contribution < -0.4 is 5.73 Å². The van der Waals surface area contributed by atoms with Crippen molar-refractivity contribution >= 4 is 22.6 Å². The smallest absolute Gasteiger partial charge is 0.222 e. The van der Waals surface area contributed by atoms with E-state index < -0.39 is 0 Å². The second-order valence-corrected chi connectivity index (χ2v) is 7.47. The van der Waals surface area contributed by atoms with E-state index in [9.17, 15) is 4.79 Å². The molecule has 1 atom stereocenters. The van der Waals surface area contributed by atoms with Gasteiger partial charge in [0.1, 0.15) is 11.6 Å². The second-order valence-electron chi connectivity index (χ2n) is 7.47. The number of benzene rings is 1. The van der Waals surface area contributed by atoms with Crippen molar-refractivity contribution in [2.75, 3.05) is 45.1 Å². The summed E-state index contributed by atoms with van der Waals surface area (Å²) in [5.41, 5.74) is 6.96. The summed E-state index contributed by atoms with van der Waals surface area (Å²) in [4.78, 5) is 25.8. The number of rotatable bonds is 5. The summed E-state index contributed by atoms with van der Waals surface area (Å²) >= 11 is 0. The van der Waals surface area contributed by atoms with Gasteiger partial charge in [-0.1, -0.05) is 12.1 Å². The predicted molar refractivity (Wildman–Crippen MR) is 104 cm³/mol. The Kier molecular flexibility index (Phi) is 5.50. The number of nitrogens with zero attached hydrogens (tertiary/aromatic N) is 4. The van der Waals surface area contributed by atoms with Crippen LogP contribution in [0.25, 0.3) is 10.9 Å². The largest absolute Gasteiger partial charge is 0.383 e. The molecule has 0 radical (unpaired) electrons. The van der Waals surface area contributed by atoms with Crippen LogP contribution in [0.15, 0.2) is 24.3 Å². The molecule has 144 valence electrons. The van der Waals surface area contributed by atoms with Crippen molar-refractivity contribution < 1.29 is 9.53 Å². The van der Waals surface area contributed by atoms with Crippen molar-refractivity contribution in [2.45, 2.75) is 25.8 Å². The lowest BCUT2D eigenvalue weighted by Gasteiger charge is -2.34. The van der Waals surface area contributed by atoms with E-state index in [0.717, 1.165) is 69.0 Å². The summed E-state index contributed by atoms with van der Waals surface area (Å²) in [5, 5.41) is 0.893. The number of para-hydroxylation sites is 1. The first-order valence-electron chi connectivity index (χ1n) is 9.78. The van der Waals surface area contributed by atoms with Gasteiger partial charge < -0.3 is 15.4 Å². The summed E-state index contributed by atoms with van der Waals surface area (Å²) in [6.45, 7) is 5.54. The number of nitrogen functional groups attached to an aromatic ring is 1. The number of carbonyl (C=O) groups is 1. The number of nitrogens with two attached hydrogens (primary N) is 1. The monoisotopic (exact) mass is 369 g/mol. The van der Waals surface area contributed by atoms with Crippen molar-refractivity contribution in [3.8, 4) is 0 Å². The molecule has 7 nitrogen and oxygen atoms in total. The molecule has 3 heterocycles. The first kappa shape index (κ1) is 18.1. The normalized spacial score (nSPS) is 21.0. The number of hydrogen-bond donors (Lipinski definition) is 1. The Hall–Kier alpha value is -2.25. The fourth-order valence-electron chi connectivity index (χ4n) is 3.87. The van der Waals surface area contributed by atoms with Gasteiger partial charge in [0, 0.05) is 51.2 Å². The minimum absolute atomic E-state index is 0.271. The van der Waals surface area contributed by atoms with Crippen molar-refractivity contribution in [3.63, 3.8) is 0 Å². The average molecular weight is 369 g/mol. The van der Waals surface area contributed by atoms with E-state index in [2.05, 4.69) is 14.9 Å². The topological polar surface area (TPSA) is 84.6 Å². The van der Waals surface area contributed by atoms with Crippen LogP contribution in [0.2, 0.25) is 0 Å². The third-order valence-corrected chi connectivity index (χ3v) is 5.56. The number of ether oxygens (including phenoxy) is 1. The number of piperazine rings is 1. The highest BCUT2D eigenvalue weighted by molar-refractivity contribution is 5.87. The molecule has 1 aromatic carbocycles. The Bertz CT molecular complexity index is 798. The van der Waals surface area contributed by atoms with Crippen LogP contribution >= 0.6 is 0 Å². The van der Waals surface area contributed by atoms with E-state index in [0.29, 0.717) is 24.7 Å². The highest BCUT2D eigenvalue weighted by Gasteiger charge is 2.23. The van der Waals surface area contributed by atoms with E-state index in [1.807, 2.05) is 29.2 Å². The number of carbonyl (C=O) groups excluding carboxylic acids is 1. The Morgan fingerprint density at radius 2 is 2.00 bits per heavy atom. The Morgan fingerprint density at radius 1 is 1.19 bits per heavy atom. The zero-order chi connectivity index (χ0) is 18.6. The van der Waals surface area contributed by atoms with E-state index in [-0.39, 0.29) is 5.91 Å². The maximum Gasteiger partial charge on any atom is 0.222 e. The Balaban J connectivity index is 1.28. The van der Waals surface area contributed by atoms with E-state index in [4.69, 9.17) is 10.5 Å². The maximum atomic E-state index is 12.4. The van der Waals surface area contributed by atoms with Crippen LogP contribution in [0.1, 0.15) is 25.1 Å². The predicted octanol–water partition coefficient (Wildman–Crippen LogP) is 1.67. The molecule has 1 amide bonds. The van der Waals surface area contributed by atoms with Crippen molar-refractivity contribution in [2.24, 2.45) is 5.92 Å². The molecule has 2 saturated heterocycles. The Labute approximate surface area is 159 Å². The molecule has 0 aliphatic carbocycles. The minimum Gasteiger partial charge on any atom is -0.383 e. The van der Waals surface area contributed by atoms with Gasteiger partial charge in [-0.05, 0) is 30.9 Å². The van der Waals surface area contributed by atoms with Gasteiger partial charge in [0.2, 0.25) is 5.91 Å². The molecule has 0 spiro atoms. The molecule has 4 rings (SSSR count). The van der Waals surface area contributed by atoms with Gasteiger partial charge >= 0.3 is 0 Å². The molecule has 0 saturated carbocycles. The number of aromatic nitrogens is 2. The summed E-state index contributed by atoms with van der Waals surface area (Å²) in [6, 6.07) is 7.80. The third kappa shape index (κ3) is 4.36. The zero-order valence-electron chi connectivity index (χ0n) is 15.6.